The zero-order valence-corrected chi connectivity index (χ0v) is 15.7. The molecule has 4 rings (SSSR count). The molecular weight excluding hydrogens is 338 g/mol. The van der Waals surface area contributed by atoms with Gasteiger partial charge in [-0.3, -0.25) is 19.8 Å². The van der Waals surface area contributed by atoms with Gasteiger partial charge in [0.25, 0.3) is 11.8 Å². The van der Waals surface area contributed by atoms with Gasteiger partial charge in [0.15, 0.2) is 0 Å². The monoisotopic (exact) mass is 363 g/mol. The highest BCUT2D eigenvalue weighted by Crippen LogP contribution is 2.33. The van der Waals surface area contributed by atoms with E-state index in [-0.39, 0.29) is 11.8 Å². The highest BCUT2D eigenvalue weighted by atomic mass is 16.2. The summed E-state index contributed by atoms with van der Waals surface area (Å²) in [5, 5.41) is 2.46. The first-order chi connectivity index (χ1) is 13.2. The molecule has 0 aromatic heterocycles. The van der Waals surface area contributed by atoms with Gasteiger partial charge in [0, 0.05) is 32.7 Å². The number of rotatable bonds is 5. The largest absolute Gasteiger partial charge is 0.368 e. The van der Waals surface area contributed by atoms with E-state index in [1.165, 1.54) is 5.56 Å². The maximum absolute atomic E-state index is 12.4. The topological polar surface area (TPSA) is 52.6 Å². The smallest absolute Gasteiger partial charge is 0.261 e. The van der Waals surface area contributed by atoms with E-state index in [0.717, 1.165) is 56.8 Å². The Morgan fingerprint density at radius 3 is 2.37 bits per heavy atom. The fourth-order valence-corrected chi connectivity index (χ4v) is 4.09. The molecule has 0 unspecified atom stereocenters. The van der Waals surface area contributed by atoms with Crippen LogP contribution in [0.3, 0.4) is 0 Å². The van der Waals surface area contributed by atoms with E-state index in [1.807, 2.05) is 12.1 Å². The van der Waals surface area contributed by atoms with Crippen LogP contribution in [-0.2, 0) is 13.0 Å². The van der Waals surface area contributed by atoms with Gasteiger partial charge in [0.05, 0.1) is 16.8 Å². The summed E-state index contributed by atoms with van der Waals surface area (Å²) >= 11 is 0. The normalized spacial score (nSPS) is 17.1. The summed E-state index contributed by atoms with van der Waals surface area (Å²) in [6.45, 7) is 6.70. The van der Waals surface area contributed by atoms with Gasteiger partial charge < -0.3 is 4.90 Å². The number of hydrogen-bond donors (Lipinski definition) is 1. The fourth-order valence-electron chi connectivity index (χ4n) is 4.09. The third-order valence-electron chi connectivity index (χ3n) is 5.42. The Hall–Kier alpha value is -2.66. The minimum absolute atomic E-state index is 0.255. The predicted octanol–water partition coefficient (Wildman–Crippen LogP) is 2.84. The summed E-state index contributed by atoms with van der Waals surface area (Å²) in [6, 6.07) is 14.3. The van der Waals surface area contributed by atoms with Crippen molar-refractivity contribution in [3.05, 3.63) is 64.7 Å². The number of piperazine rings is 1. The second-order valence-corrected chi connectivity index (χ2v) is 7.28. The van der Waals surface area contributed by atoms with Crippen LogP contribution in [0.15, 0.2) is 42.5 Å². The Bertz CT molecular complexity index is 855. The van der Waals surface area contributed by atoms with E-state index in [4.69, 9.17) is 0 Å². The Kier molecular flexibility index (Phi) is 4.94. The van der Waals surface area contributed by atoms with Crippen molar-refractivity contribution in [1.29, 1.82) is 0 Å². The second-order valence-electron chi connectivity index (χ2n) is 7.28. The van der Waals surface area contributed by atoms with Crippen molar-refractivity contribution in [3.63, 3.8) is 0 Å². The van der Waals surface area contributed by atoms with Gasteiger partial charge in [-0.1, -0.05) is 49.7 Å². The highest BCUT2D eigenvalue weighted by Gasteiger charge is 2.33. The van der Waals surface area contributed by atoms with Crippen molar-refractivity contribution < 1.29 is 9.59 Å². The molecule has 27 heavy (non-hydrogen) atoms. The molecule has 2 aliphatic heterocycles. The fraction of sp³-hybridized carbons (Fsp3) is 0.364. The number of nitrogens with one attached hydrogen (secondary N) is 1. The van der Waals surface area contributed by atoms with Gasteiger partial charge in [-0.15, -0.1) is 0 Å². The molecule has 2 amide bonds. The Morgan fingerprint density at radius 1 is 0.926 bits per heavy atom. The van der Waals surface area contributed by atoms with Crippen molar-refractivity contribution >= 4 is 17.5 Å². The van der Waals surface area contributed by atoms with E-state index >= 15 is 0 Å². The van der Waals surface area contributed by atoms with E-state index in [1.54, 1.807) is 6.07 Å². The van der Waals surface area contributed by atoms with Gasteiger partial charge in [0.2, 0.25) is 0 Å². The van der Waals surface area contributed by atoms with E-state index in [0.29, 0.717) is 11.1 Å². The summed E-state index contributed by atoms with van der Waals surface area (Å²) in [4.78, 5) is 29.2. The quantitative estimate of drug-likeness (QED) is 0.830. The maximum Gasteiger partial charge on any atom is 0.261 e. The Labute approximate surface area is 160 Å². The second kappa shape index (κ2) is 7.53. The average Bonchev–Trinajstić information content (AvgIpc) is 2.97. The van der Waals surface area contributed by atoms with Crippen LogP contribution in [0.2, 0.25) is 0 Å². The molecule has 0 atom stereocenters. The van der Waals surface area contributed by atoms with Crippen LogP contribution < -0.4 is 10.2 Å². The first-order valence-corrected chi connectivity index (χ1v) is 9.70. The standard InChI is InChI=1S/C22H25N3O2/c1-2-6-17-9-10-18-19(22(27)23-21(18)26)20(17)25-13-11-24(12-14-25)15-16-7-4-3-5-8-16/h3-5,7-10H,2,6,11-15H2,1H3,(H,23,26,27). The number of amides is 2. The number of nitrogens with zero attached hydrogens (tertiary/aromatic N) is 2. The molecule has 0 spiro atoms. The van der Waals surface area contributed by atoms with Crippen LogP contribution in [0.4, 0.5) is 5.69 Å². The molecule has 2 aromatic carbocycles. The van der Waals surface area contributed by atoms with Gasteiger partial charge in [-0.05, 0) is 23.6 Å². The molecular formula is C22H25N3O2. The molecule has 0 bridgehead atoms. The zero-order valence-electron chi connectivity index (χ0n) is 15.7. The van der Waals surface area contributed by atoms with E-state index < -0.39 is 0 Å². The van der Waals surface area contributed by atoms with Crippen LogP contribution in [0.1, 0.15) is 45.2 Å². The van der Waals surface area contributed by atoms with Crippen LogP contribution in [0.25, 0.3) is 0 Å². The highest BCUT2D eigenvalue weighted by molar-refractivity contribution is 6.24. The summed E-state index contributed by atoms with van der Waals surface area (Å²) in [5.74, 6) is -0.531. The van der Waals surface area contributed by atoms with E-state index in [2.05, 4.69) is 46.3 Å². The third-order valence-corrected chi connectivity index (χ3v) is 5.42. The zero-order chi connectivity index (χ0) is 18.8. The molecule has 140 valence electrons. The number of carbonyl (C=O) groups excluding carboxylic acids is 2. The molecule has 1 saturated heterocycles. The van der Waals surface area contributed by atoms with Gasteiger partial charge in [-0.2, -0.15) is 0 Å². The summed E-state index contributed by atoms with van der Waals surface area (Å²) in [7, 11) is 0. The number of anilines is 1. The minimum Gasteiger partial charge on any atom is -0.368 e. The molecule has 1 N–H and O–H groups in total. The lowest BCUT2D eigenvalue weighted by Gasteiger charge is -2.37. The molecule has 0 radical (unpaired) electrons. The van der Waals surface area contributed by atoms with Crippen molar-refractivity contribution in [2.75, 3.05) is 31.1 Å². The molecule has 0 aliphatic carbocycles. The van der Waals surface area contributed by atoms with Crippen molar-refractivity contribution in [3.8, 4) is 0 Å². The van der Waals surface area contributed by atoms with Gasteiger partial charge in [-0.25, -0.2) is 0 Å². The first kappa shape index (κ1) is 17.7. The van der Waals surface area contributed by atoms with Crippen molar-refractivity contribution in [2.45, 2.75) is 26.3 Å². The molecule has 5 heteroatoms. The first-order valence-electron chi connectivity index (χ1n) is 9.70. The predicted molar refractivity (Wildman–Crippen MR) is 106 cm³/mol. The van der Waals surface area contributed by atoms with Gasteiger partial charge >= 0.3 is 0 Å². The molecule has 2 aliphatic rings. The number of benzene rings is 2. The molecule has 5 nitrogen and oxygen atoms in total. The maximum atomic E-state index is 12.4. The lowest BCUT2D eigenvalue weighted by atomic mass is 9.97. The number of hydrogen-bond acceptors (Lipinski definition) is 4. The SMILES string of the molecule is CCCc1ccc2c(c1N1CCN(Cc3ccccc3)CC1)C(=O)NC2=O. The number of fused-ring (bicyclic) bond motifs is 1. The Morgan fingerprint density at radius 2 is 1.67 bits per heavy atom. The van der Waals surface area contributed by atoms with Crippen molar-refractivity contribution in [1.82, 2.24) is 10.2 Å². The van der Waals surface area contributed by atoms with Crippen LogP contribution in [0.5, 0.6) is 0 Å². The van der Waals surface area contributed by atoms with Crippen molar-refractivity contribution in [2.24, 2.45) is 0 Å². The molecule has 0 saturated carbocycles. The van der Waals surface area contributed by atoms with Crippen LogP contribution >= 0.6 is 0 Å². The third kappa shape index (κ3) is 3.47. The molecule has 2 aromatic rings. The van der Waals surface area contributed by atoms with Crippen LogP contribution in [0, 0.1) is 0 Å². The Balaban J connectivity index is 1.56. The van der Waals surface area contributed by atoms with E-state index in [9.17, 15) is 9.59 Å². The molecule has 1 fully saturated rings. The lowest BCUT2D eigenvalue weighted by Crippen LogP contribution is -2.46. The summed E-state index contributed by atoms with van der Waals surface area (Å²) in [6.07, 6.45) is 1.92. The molecule has 2 heterocycles. The van der Waals surface area contributed by atoms with Crippen LogP contribution in [-0.4, -0.2) is 42.9 Å². The number of carbonyl (C=O) groups is 2. The summed E-state index contributed by atoms with van der Waals surface area (Å²) in [5.41, 5.74) is 4.54. The number of aryl methyl sites for hydroxylation is 1. The number of imide groups is 1. The average molecular weight is 363 g/mol. The van der Waals surface area contributed by atoms with Gasteiger partial charge in [0.1, 0.15) is 0 Å². The minimum atomic E-state index is -0.276. The lowest BCUT2D eigenvalue weighted by molar-refractivity contribution is 0.0879. The summed E-state index contributed by atoms with van der Waals surface area (Å²) < 4.78 is 0.